The summed E-state index contributed by atoms with van der Waals surface area (Å²) < 4.78 is 2.48. The van der Waals surface area contributed by atoms with Gasteiger partial charge in [-0.1, -0.05) is 309 Å². The Hall–Kier alpha value is -15.4. The predicted molar refractivity (Wildman–Crippen MR) is 484 cm³/mol. The van der Waals surface area contributed by atoms with Crippen molar-refractivity contribution in [1.82, 2.24) is 34.5 Å². The molecule has 7 nitrogen and oxygen atoms in total. The van der Waals surface area contributed by atoms with E-state index in [1.165, 1.54) is 0 Å². The first kappa shape index (κ1) is 70.7. The Balaban J connectivity index is 0.731. The molecule has 3 heterocycles. The summed E-state index contributed by atoms with van der Waals surface area (Å²) in [6, 6.07) is 149. The SMILES string of the molecule is Cc1cc(-c2ccc(-c3nc(-c4cc(-c5ccccc5)cc(-c5ccccc5)c4)nc(-c4cc(-c5ccccc5)cc(-c5ccccc5)c4)n3)cc2)c2c(c1)c1cc(C)cc(-c3ccc(-c4nc(-c5cc(-c6ccccc6)cc(-c6ccccc6)c5)nc(-c5cc(-c6ccccc6)cc(-c6ccccc6)c5)n4)cc3)c1n2-c1ccccc1. The summed E-state index contributed by atoms with van der Waals surface area (Å²) in [6.07, 6.45) is 0. The van der Waals surface area contributed by atoms with Crippen LogP contribution in [0.2, 0.25) is 0 Å². The molecule has 0 amide bonds. The number of aryl methyl sites for hydroxylation is 2. The highest BCUT2D eigenvalue weighted by Gasteiger charge is 2.25. The maximum absolute atomic E-state index is 5.50. The summed E-state index contributed by atoms with van der Waals surface area (Å²) >= 11 is 0. The van der Waals surface area contributed by atoms with Crippen molar-refractivity contribution < 1.29 is 0 Å². The maximum Gasteiger partial charge on any atom is 0.164 e. The lowest BCUT2D eigenvalue weighted by molar-refractivity contribution is 1.07. The topological polar surface area (TPSA) is 82.3 Å². The Morgan fingerprint density at radius 2 is 0.333 bits per heavy atom. The highest BCUT2D eigenvalue weighted by atomic mass is 15.0. The fourth-order valence-electron chi connectivity index (χ4n) is 16.4. The molecule has 0 unspecified atom stereocenters. The summed E-state index contributed by atoms with van der Waals surface area (Å²) in [6.45, 7) is 4.42. The van der Waals surface area contributed by atoms with Crippen LogP contribution in [0.5, 0.6) is 0 Å². The Morgan fingerprint density at radius 1 is 0.154 bits per heavy atom. The van der Waals surface area contributed by atoms with Gasteiger partial charge in [-0.15, -0.1) is 0 Å². The average Bonchev–Trinajstić information content (AvgIpc) is 1.56. The minimum Gasteiger partial charge on any atom is -0.308 e. The van der Waals surface area contributed by atoms with E-state index in [1.54, 1.807) is 0 Å². The highest BCUT2D eigenvalue weighted by Crippen LogP contribution is 2.46. The Kier molecular flexibility index (Phi) is 18.7. The van der Waals surface area contributed by atoms with Crippen LogP contribution in [0.15, 0.2) is 419 Å². The van der Waals surface area contributed by atoms with Crippen LogP contribution >= 0.6 is 0 Å². The van der Waals surface area contributed by atoms with E-state index in [9.17, 15) is 0 Å². The van der Waals surface area contributed by atoms with Crippen LogP contribution in [0.25, 0.3) is 207 Å². The van der Waals surface area contributed by atoms with Crippen LogP contribution in [-0.4, -0.2) is 34.5 Å². The van der Waals surface area contributed by atoms with Crippen molar-refractivity contribution in [2.45, 2.75) is 13.8 Å². The van der Waals surface area contributed by atoms with E-state index in [2.05, 4.69) is 437 Å². The highest BCUT2D eigenvalue weighted by molar-refractivity contribution is 6.18. The van der Waals surface area contributed by atoms with Crippen LogP contribution in [0.3, 0.4) is 0 Å². The number of aromatic nitrogens is 7. The molecule has 0 fully saturated rings. The molecule has 0 atom stereocenters. The zero-order chi connectivity index (χ0) is 78.1. The molecule has 0 saturated heterocycles. The predicted octanol–water partition coefficient (Wildman–Crippen LogP) is 28.4. The molecule has 0 aliphatic rings. The summed E-state index contributed by atoms with van der Waals surface area (Å²) in [5.41, 5.74) is 32.4. The number of benzene rings is 17. The quantitative estimate of drug-likeness (QED) is 0.0903. The van der Waals surface area contributed by atoms with Crippen LogP contribution in [0, 0.1) is 13.8 Å². The van der Waals surface area contributed by atoms with Crippen molar-refractivity contribution in [3.8, 4) is 185 Å². The molecule has 7 heteroatoms. The molecule has 0 spiro atoms. The van der Waals surface area contributed by atoms with E-state index in [4.69, 9.17) is 29.9 Å². The summed E-state index contributed by atoms with van der Waals surface area (Å²) in [5.74, 6) is 3.40. The molecule has 0 radical (unpaired) electrons. The van der Waals surface area contributed by atoms with Gasteiger partial charge in [-0.05, 0) is 234 Å². The normalized spacial score (nSPS) is 11.3. The van der Waals surface area contributed by atoms with E-state index in [-0.39, 0.29) is 0 Å². The zero-order valence-corrected chi connectivity index (χ0v) is 64.5. The van der Waals surface area contributed by atoms with Gasteiger partial charge in [-0.2, -0.15) is 0 Å². The molecule has 0 bridgehead atoms. The number of para-hydroxylation sites is 1. The van der Waals surface area contributed by atoms with Crippen molar-refractivity contribution in [2.75, 3.05) is 0 Å². The summed E-state index contributed by atoms with van der Waals surface area (Å²) in [4.78, 5) is 33.0. The fourth-order valence-corrected chi connectivity index (χ4v) is 16.4. The number of fused-ring (bicyclic) bond motifs is 3. The van der Waals surface area contributed by atoms with Gasteiger partial charge in [-0.25, -0.2) is 29.9 Å². The Bertz CT molecular complexity index is 6120. The molecular weight excluding hydrogens is 1420 g/mol. The third-order valence-corrected chi connectivity index (χ3v) is 22.1. The molecule has 117 heavy (non-hydrogen) atoms. The lowest BCUT2D eigenvalue weighted by atomic mass is 9.95. The molecule has 3 aromatic heterocycles. The first-order chi connectivity index (χ1) is 57.7. The van der Waals surface area contributed by atoms with Crippen LogP contribution < -0.4 is 0 Å². The minimum atomic E-state index is 0.562. The lowest BCUT2D eigenvalue weighted by Crippen LogP contribution is -2.01. The minimum absolute atomic E-state index is 0.562. The van der Waals surface area contributed by atoms with Gasteiger partial charge in [0.25, 0.3) is 0 Å². The van der Waals surface area contributed by atoms with Gasteiger partial charge in [-0.3, -0.25) is 0 Å². The van der Waals surface area contributed by atoms with Crippen LogP contribution in [0.1, 0.15) is 11.1 Å². The Labute approximate surface area is 680 Å². The van der Waals surface area contributed by atoms with Crippen molar-refractivity contribution in [2.24, 2.45) is 0 Å². The average molecular weight is 1490 g/mol. The van der Waals surface area contributed by atoms with Crippen LogP contribution in [0.4, 0.5) is 0 Å². The molecule has 0 aliphatic heterocycles. The van der Waals surface area contributed by atoms with Crippen LogP contribution in [-0.2, 0) is 0 Å². The summed E-state index contributed by atoms with van der Waals surface area (Å²) in [5, 5.41) is 2.32. The van der Waals surface area contributed by atoms with Gasteiger partial charge in [0.15, 0.2) is 34.9 Å². The van der Waals surface area contributed by atoms with E-state index in [0.29, 0.717) is 34.9 Å². The number of nitrogens with zero attached hydrogens (tertiary/aromatic N) is 7. The lowest BCUT2D eigenvalue weighted by Gasteiger charge is -2.16. The first-order valence-electron chi connectivity index (χ1n) is 39.7. The number of hydrogen-bond acceptors (Lipinski definition) is 6. The van der Waals surface area contributed by atoms with Crippen molar-refractivity contribution in [1.29, 1.82) is 0 Å². The maximum atomic E-state index is 5.50. The van der Waals surface area contributed by atoms with E-state index >= 15 is 0 Å². The van der Waals surface area contributed by atoms with Crippen molar-refractivity contribution in [3.63, 3.8) is 0 Å². The third-order valence-electron chi connectivity index (χ3n) is 22.1. The molecular formula is C110H75N7. The zero-order valence-electron chi connectivity index (χ0n) is 64.5. The summed E-state index contributed by atoms with van der Waals surface area (Å²) in [7, 11) is 0. The Morgan fingerprint density at radius 3 is 0.547 bits per heavy atom. The largest absolute Gasteiger partial charge is 0.308 e. The second-order valence-electron chi connectivity index (χ2n) is 30.0. The molecule has 0 N–H and O–H groups in total. The molecule has 17 aromatic carbocycles. The smallest absolute Gasteiger partial charge is 0.164 e. The van der Waals surface area contributed by atoms with Gasteiger partial charge < -0.3 is 4.57 Å². The fraction of sp³-hybridized carbons (Fsp3) is 0.0182. The van der Waals surface area contributed by atoms with Crippen molar-refractivity contribution in [3.05, 3.63) is 430 Å². The van der Waals surface area contributed by atoms with E-state index in [1.807, 2.05) is 0 Å². The second kappa shape index (κ2) is 30.9. The molecule has 550 valence electrons. The number of hydrogen-bond donors (Lipinski definition) is 0. The van der Waals surface area contributed by atoms with Gasteiger partial charge in [0.2, 0.25) is 0 Å². The molecule has 0 aliphatic carbocycles. The van der Waals surface area contributed by atoms with E-state index in [0.717, 1.165) is 183 Å². The number of rotatable bonds is 17. The van der Waals surface area contributed by atoms with Gasteiger partial charge in [0.05, 0.1) is 11.0 Å². The van der Waals surface area contributed by atoms with Gasteiger partial charge in [0.1, 0.15) is 0 Å². The monoisotopic (exact) mass is 1490 g/mol. The second-order valence-corrected chi connectivity index (χ2v) is 30.0. The first-order valence-corrected chi connectivity index (χ1v) is 39.7. The van der Waals surface area contributed by atoms with Crippen molar-refractivity contribution >= 4 is 21.8 Å². The van der Waals surface area contributed by atoms with Gasteiger partial charge in [0, 0.05) is 61.0 Å². The standard InChI is InChI=1S/C110H75N7/c1-72-56-99(82-48-52-84(53-49-82)105-111-107(94-64-86(74-30-12-3-13-31-74)60-87(65-94)75-32-14-4-15-33-75)115-108(112-105)95-66-88(76-34-16-5-17-35-76)61-89(67-95)77-36-18-6-19-37-77)103-101(58-72)102-59-73(2)57-100(104(102)117(103)98-46-28-11-29-47-98)83-50-54-85(55-51-83)106-113-109(96-68-90(78-38-20-7-21-39-78)62-91(69-96)79-40-22-8-23-41-79)116-110(114-106)97-70-92(80-42-24-9-25-43-80)63-93(71-97)81-44-26-10-27-45-81/h3-71H,1-2H3. The third kappa shape index (κ3) is 14.4. The molecule has 20 rings (SSSR count). The molecule has 0 saturated carbocycles. The van der Waals surface area contributed by atoms with E-state index < -0.39 is 0 Å². The molecule has 20 aromatic rings. The van der Waals surface area contributed by atoms with Gasteiger partial charge >= 0.3 is 0 Å².